The fraction of sp³-hybridized carbons (Fsp3) is 0.600. The largest absolute Gasteiger partial charge is 0.350 e. The van der Waals surface area contributed by atoms with Gasteiger partial charge in [0.1, 0.15) is 0 Å². The lowest BCUT2D eigenvalue weighted by molar-refractivity contribution is -0.122. The van der Waals surface area contributed by atoms with E-state index in [1.165, 1.54) is 11.8 Å². The monoisotopic (exact) mass is 364 g/mol. The molecule has 1 aromatic rings. The Hall–Kier alpha value is -1.49. The predicted octanol–water partition coefficient (Wildman–Crippen LogP) is 4.39. The van der Waals surface area contributed by atoms with Gasteiger partial charge in [0.25, 0.3) is 0 Å². The second-order valence-corrected chi connectivity index (χ2v) is 9.81. The minimum absolute atomic E-state index is 0.0256. The number of hydrogen-bond acceptors (Lipinski definition) is 3. The second kappa shape index (κ2) is 8.75. The van der Waals surface area contributed by atoms with Crippen molar-refractivity contribution in [2.24, 2.45) is 5.41 Å². The summed E-state index contributed by atoms with van der Waals surface area (Å²) in [5.74, 6) is 0.132. The number of amides is 2. The average Bonchev–Trinajstić information content (AvgIpc) is 2.44. The molecule has 0 bridgehead atoms. The Balaban J connectivity index is 2.44. The van der Waals surface area contributed by atoms with Crippen LogP contribution in [0.4, 0.5) is 5.69 Å². The van der Waals surface area contributed by atoms with Crippen LogP contribution in [0, 0.1) is 12.3 Å². The average molecular weight is 365 g/mol. The lowest BCUT2D eigenvalue weighted by atomic mass is 9.82. The fourth-order valence-electron chi connectivity index (χ4n) is 2.92. The highest BCUT2D eigenvalue weighted by molar-refractivity contribution is 8.01. The summed E-state index contributed by atoms with van der Waals surface area (Å²) in [6, 6.07) is 7.67. The Labute approximate surface area is 156 Å². The molecule has 0 saturated heterocycles. The van der Waals surface area contributed by atoms with E-state index in [0.29, 0.717) is 0 Å². The standard InChI is InChI=1S/C20H32N2O2S/c1-14-8-10-16(11-9-14)21-17(23)12-25-15(2)18(24)22-20(6,7)13-19(3,4)5/h8-11,15H,12-13H2,1-7H3,(H,21,23)(H,22,24). The van der Waals surface area contributed by atoms with Crippen LogP contribution >= 0.6 is 11.8 Å². The van der Waals surface area contributed by atoms with Crippen molar-refractivity contribution in [3.05, 3.63) is 29.8 Å². The number of anilines is 1. The molecule has 0 aliphatic rings. The number of thioether (sulfide) groups is 1. The number of benzene rings is 1. The van der Waals surface area contributed by atoms with E-state index in [1.54, 1.807) is 0 Å². The molecule has 1 rings (SSSR count). The van der Waals surface area contributed by atoms with Crippen molar-refractivity contribution in [3.63, 3.8) is 0 Å². The predicted molar refractivity (Wildman–Crippen MR) is 108 cm³/mol. The van der Waals surface area contributed by atoms with E-state index in [0.717, 1.165) is 17.7 Å². The maximum Gasteiger partial charge on any atom is 0.234 e. The summed E-state index contributed by atoms with van der Waals surface area (Å²) in [5.41, 5.74) is 1.80. The van der Waals surface area contributed by atoms with Gasteiger partial charge in [-0.05, 0) is 51.7 Å². The lowest BCUT2D eigenvalue weighted by Gasteiger charge is -2.34. The van der Waals surface area contributed by atoms with E-state index < -0.39 is 0 Å². The third-order valence-electron chi connectivity index (χ3n) is 3.60. The smallest absolute Gasteiger partial charge is 0.234 e. The van der Waals surface area contributed by atoms with E-state index in [9.17, 15) is 9.59 Å². The molecule has 2 amide bonds. The molecular weight excluding hydrogens is 332 g/mol. The molecular formula is C20H32N2O2S. The molecule has 0 saturated carbocycles. The number of aryl methyl sites for hydroxylation is 1. The summed E-state index contributed by atoms with van der Waals surface area (Å²) in [4.78, 5) is 24.4. The summed E-state index contributed by atoms with van der Waals surface area (Å²) in [5, 5.41) is 5.68. The van der Waals surface area contributed by atoms with Crippen LogP contribution in [-0.4, -0.2) is 28.4 Å². The molecule has 0 fully saturated rings. The quantitative estimate of drug-likeness (QED) is 0.754. The first-order valence-electron chi connectivity index (χ1n) is 8.68. The van der Waals surface area contributed by atoms with Gasteiger partial charge in [0.2, 0.25) is 11.8 Å². The molecule has 0 radical (unpaired) electrons. The van der Waals surface area contributed by atoms with Crippen molar-refractivity contribution in [2.75, 3.05) is 11.1 Å². The van der Waals surface area contributed by atoms with Crippen molar-refractivity contribution >= 4 is 29.3 Å². The molecule has 2 N–H and O–H groups in total. The minimum atomic E-state index is -0.275. The van der Waals surface area contributed by atoms with Gasteiger partial charge in [-0.1, -0.05) is 38.5 Å². The maximum absolute atomic E-state index is 12.4. The lowest BCUT2D eigenvalue weighted by Crippen LogP contribution is -2.48. The Kier molecular flexibility index (Phi) is 7.54. The number of carbonyl (C=O) groups excluding carboxylic acids is 2. The number of nitrogens with one attached hydrogen (secondary N) is 2. The van der Waals surface area contributed by atoms with E-state index in [-0.39, 0.29) is 33.8 Å². The molecule has 1 unspecified atom stereocenters. The molecule has 1 aromatic carbocycles. The molecule has 0 spiro atoms. The van der Waals surface area contributed by atoms with Crippen LogP contribution in [0.25, 0.3) is 0 Å². The van der Waals surface area contributed by atoms with Gasteiger partial charge in [-0.25, -0.2) is 0 Å². The van der Waals surface area contributed by atoms with Gasteiger partial charge >= 0.3 is 0 Å². The second-order valence-electron chi connectivity index (χ2n) is 8.48. The van der Waals surface area contributed by atoms with Crippen molar-refractivity contribution in [3.8, 4) is 0 Å². The van der Waals surface area contributed by atoms with Gasteiger partial charge in [-0.2, -0.15) is 0 Å². The first-order valence-corrected chi connectivity index (χ1v) is 9.73. The van der Waals surface area contributed by atoms with Gasteiger partial charge in [-0.3, -0.25) is 9.59 Å². The Morgan fingerprint density at radius 3 is 2.16 bits per heavy atom. The minimum Gasteiger partial charge on any atom is -0.350 e. The van der Waals surface area contributed by atoms with Gasteiger partial charge in [0.05, 0.1) is 11.0 Å². The summed E-state index contributed by atoms with van der Waals surface area (Å²) in [6.45, 7) is 14.4. The van der Waals surface area contributed by atoms with Gasteiger partial charge in [0, 0.05) is 11.2 Å². The zero-order chi connectivity index (χ0) is 19.3. The first kappa shape index (κ1) is 21.6. The molecule has 0 heterocycles. The highest BCUT2D eigenvalue weighted by Crippen LogP contribution is 2.27. The molecule has 0 aliphatic heterocycles. The summed E-state index contributed by atoms with van der Waals surface area (Å²) >= 11 is 1.35. The van der Waals surface area contributed by atoms with Crippen LogP contribution in [0.15, 0.2) is 24.3 Å². The van der Waals surface area contributed by atoms with Crippen LogP contribution < -0.4 is 10.6 Å². The van der Waals surface area contributed by atoms with E-state index >= 15 is 0 Å². The van der Waals surface area contributed by atoms with Crippen LogP contribution in [0.3, 0.4) is 0 Å². The third kappa shape index (κ3) is 8.96. The van der Waals surface area contributed by atoms with E-state index in [1.807, 2.05) is 52.0 Å². The summed E-state index contributed by atoms with van der Waals surface area (Å²) in [6.07, 6.45) is 0.886. The third-order valence-corrected chi connectivity index (χ3v) is 4.75. The van der Waals surface area contributed by atoms with Crippen molar-refractivity contribution in [1.82, 2.24) is 5.32 Å². The number of rotatable bonds is 7. The molecule has 25 heavy (non-hydrogen) atoms. The molecule has 0 aromatic heterocycles. The number of hydrogen-bond donors (Lipinski definition) is 2. The maximum atomic E-state index is 12.4. The van der Waals surface area contributed by atoms with Crippen molar-refractivity contribution in [1.29, 1.82) is 0 Å². The van der Waals surface area contributed by atoms with E-state index in [4.69, 9.17) is 0 Å². The first-order chi connectivity index (χ1) is 11.4. The summed E-state index contributed by atoms with van der Waals surface area (Å²) in [7, 11) is 0. The SMILES string of the molecule is Cc1ccc(NC(=O)CSC(C)C(=O)NC(C)(C)CC(C)(C)C)cc1. The Morgan fingerprint density at radius 1 is 1.08 bits per heavy atom. The zero-order valence-corrected chi connectivity index (χ0v) is 17.3. The molecule has 0 aliphatic carbocycles. The van der Waals surface area contributed by atoms with Crippen LogP contribution in [0.5, 0.6) is 0 Å². The topological polar surface area (TPSA) is 58.2 Å². The van der Waals surface area contributed by atoms with Crippen LogP contribution in [-0.2, 0) is 9.59 Å². The highest BCUT2D eigenvalue weighted by Gasteiger charge is 2.28. The van der Waals surface area contributed by atoms with Gasteiger partial charge < -0.3 is 10.6 Å². The molecule has 4 nitrogen and oxygen atoms in total. The van der Waals surface area contributed by atoms with Gasteiger partial charge in [-0.15, -0.1) is 11.8 Å². The highest BCUT2D eigenvalue weighted by atomic mass is 32.2. The van der Waals surface area contributed by atoms with Gasteiger partial charge in [0.15, 0.2) is 0 Å². The van der Waals surface area contributed by atoms with Crippen molar-refractivity contribution < 1.29 is 9.59 Å². The van der Waals surface area contributed by atoms with Crippen LogP contribution in [0.1, 0.15) is 53.5 Å². The summed E-state index contributed by atoms with van der Waals surface area (Å²) < 4.78 is 0. The van der Waals surface area contributed by atoms with Crippen molar-refractivity contribution in [2.45, 2.75) is 65.7 Å². The van der Waals surface area contributed by atoms with E-state index in [2.05, 4.69) is 31.4 Å². The Bertz CT molecular complexity index is 589. The zero-order valence-electron chi connectivity index (χ0n) is 16.5. The molecule has 1 atom stereocenters. The molecule has 5 heteroatoms. The Morgan fingerprint density at radius 2 is 1.64 bits per heavy atom. The fourth-order valence-corrected chi connectivity index (χ4v) is 3.60. The van der Waals surface area contributed by atoms with Crippen LogP contribution in [0.2, 0.25) is 0 Å². The normalized spacial score (nSPS) is 13.2. The molecule has 140 valence electrons. The number of carbonyl (C=O) groups is 2.